The van der Waals surface area contributed by atoms with Crippen molar-refractivity contribution < 1.29 is 23.7 Å². The molecule has 0 unspecified atom stereocenters. The molecule has 0 aliphatic carbocycles. The second kappa shape index (κ2) is 8.47. The van der Waals surface area contributed by atoms with Crippen LogP contribution in [0.1, 0.15) is 11.1 Å². The highest BCUT2D eigenvalue weighted by atomic mass is 16.6. The van der Waals surface area contributed by atoms with Gasteiger partial charge in [0.05, 0.1) is 20.6 Å². The van der Waals surface area contributed by atoms with Gasteiger partial charge in [0.1, 0.15) is 24.7 Å². The van der Waals surface area contributed by atoms with Crippen LogP contribution in [0.5, 0.6) is 23.0 Å². The highest BCUT2D eigenvalue weighted by molar-refractivity contribution is 5.78. The quantitative estimate of drug-likeness (QED) is 0.824. The maximum atomic E-state index is 12.2. The van der Waals surface area contributed by atoms with Crippen molar-refractivity contribution in [3.63, 3.8) is 0 Å². The van der Waals surface area contributed by atoms with Crippen LogP contribution in [0, 0.1) is 0 Å². The molecule has 0 atom stereocenters. The molecular formula is C20H23NO5. The van der Waals surface area contributed by atoms with Gasteiger partial charge in [0.2, 0.25) is 5.91 Å². The summed E-state index contributed by atoms with van der Waals surface area (Å²) in [5.41, 5.74) is 1.89. The molecule has 6 heteroatoms. The largest absolute Gasteiger partial charge is 0.497 e. The molecule has 2 aromatic rings. The fourth-order valence-corrected chi connectivity index (χ4v) is 2.86. The summed E-state index contributed by atoms with van der Waals surface area (Å²) in [6.45, 7) is 1.61. The Morgan fingerprint density at radius 3 is 2.62 bits per heavy atom. The van der Waals surface area contributed by atoms with Crippen molar-refractivity contribution in [2.45, 2.75) is 12.8 Å². The fraction of sp³-hybridized carbons (Fsp3) is 0.350. The van der Waals surface area contributed by atoms with Crippen LogP contribution in [0.3, 0.4) is 0 Å². The van der Waals surface area contributed by atoms with Crippen molar-refractivity contribution in [3.05, 3.63) is 47.5 Å². The lowest BCUT2D eigenvalue weighted by Gasteiger charge is -2.18. The lowest BCUT2D eigenvalue weighted by atomic mass is 10.1. The second-order valence-electron chi connectivity index (χ2n) is 5.93. The van der Waals surface area contributed by atoms with E-state index >= 15 is 0 Å². The van der Waals surface area contributed by atoms with Gasteiger partial charge in [-0.1, -0.05) is 6.07 Å². The number of nitrogens with one attached hydrogen (secondary N) is 1. The highest BCUT2D eigenvalue weighted by Crippen LogP contribution is 2.30. The minimum atomic E-state index is -0.0384. The molecule has 1 N–H and O–H groups in total. The van der Waals surface area contributed by atoms with Gasteiger partial charge in [0.15, 0.2) is 11.5 Å². The van der Waals surface area contributed by atoms with Crippen LogP contribution in [0.4, 0.5) is 0 Å². The zero-order valence-electron chi connectivity index (χ0n) is 15.0. The Labute approximate surface area is 153 Å². The van der Waals surface area contributed by atoms with Crippen LogP contribution in [0.25, 0.3) is 0 Å². The molecule has 0 spiro atoms. The van der Waals surface area contributed by atoms with Crippen molar-refractivity contribution in [1.82, 2.24) is 5.32 Å². The van der Waals surface area contributed by atoms with Crippen molar-refractivity contribution in [1.29, 1.82) is 0 Å². The maximum absolute atomic E-state index is 12.2. The first-order chi connectivity index (χ1) is 12.7. The number of amides is 1. The Bertz CT molecular complexity index is 775. The van der Waals surface area contributed by atoms with Crippen LogP contribution in [-0.4, -0.2) is 39.9 Å². The molecule has 0 radical (unpaired) electrons. The zero-order chi connectivity index (χ0) is 18.4. The number of rotatable bonds is 7. The molecular weight excluding hydrogens is 334 g/mol. The number of benzene rings is 2. The van der Waals surface area contributed by atoms with Gasteiger partial charge in [-0.05, 0) is 47.9 Å². The molecule has 1 heterocycles. The number of methoxy groups -OCH3 is 2. The van der Waals surface area contributed by atoms with E-state index in [0.717, 1.165) is 28.4 Å². The first kappa shape index (κ1) is 17.9. The molecule has 6 nitrogen and oxygen atoms in total. The Morgan fingerprint density at radius 1 is 1.04 bits per heavy atom. The predicted molar refractivity (Wildman–Crippen MR) is 97.4 cm³/mol. The van der Waals surface area contributed by atoms with Crippen LogP contribution < -0.4 is 24.3 Å². The zero-order valence-corrected chi connectivity index (χ0v) is 15.0. The topological polar surface area (TPSA) is 66.0 Å². The summed E-state index contributed by atoms with van der Waals surface area (Å²) in [7, 11) is 3.26. The van der Waals surface area contributed by atoms with E-state index in [0.29, 0.717) is 38.3 Å². The molecule has 0 saturated heterocycles. The summed E-state index contributed by atoms with van der Waals surface area (Å²) < 4.78 is 21.6. The first-order valence-corrected chi connectivity index (χ1v) is 8.55. The van der Waals surface area contributed by atoms with E-state index in [-0.39, 0.29) is 5.91 Å². The van der Waals surface area contributed by atoms with Gasteiger partial charge in [-0.25, -0.2) is 0 Å². The van der Waals surface area contributed by atoms with Crippen LogP contribution >= 0.6 is 0 Å². The molecule has 3 rings (SSSR count). The molecule has 138 valence electrons. The molecule has 2 aromatic carbocycles. The molecule has 1 amide bonds. The third-order valence-electron chi connectivity index (χ3n) is 4.18. The summed E-state index contributed by atoms with van der Waals surface area (Å²) in [6, 6.07) is 11.2. The average molecular weight is 357 g/mol. The van der Waals surface area contributed by atoms with Gasteiger partial charge in [-0.15, -0.1) is 0 Å². The highest BCUT2D eigenvalue weighted by Gasteiger charge is 2.13. The summed E-state index contributed by atoms with van der Waals surface area (Å²) >= 11 is 0. The SMILES string of the molecule is COc1ccc(OC)c(CCNC(=O)Cc2ccc3c(c2)OCCO3)c1. The molecule has 0 bridgehead atoms. The Hall–Kier alpha value is -2.89. The van der Waals surface area contributed by atoms with Gasteiger partial charge in [-0.3, -0.25) is 4.79 Å². The average Bonchev–Trinajstić information content (AvgIpc) is 2.67. The number of hydrogen-bond acceptors (Lipinski definition) is 5. The Balaban J connectivity index is 1.53. The minimum Gasteiger partial charge on any atom is -0.497 e. The molecule has 1 aliphatic heterocycles. The van der Waals surface area contributed by atoms with Crippen molar-refractivity contribution >= 4 is 5.91 Å². The maximum Gasteiger partial charge on any atom is 0.224 e. The standard InChI is InChI=1S/C20H23NO5/c1-23-16-4-6-17(24-2)15(13-16)7-8-21-20(22)12-14-3-5-18-19(11-14)26-10-9-25-18/h3-6,11,13H,7-10,12H2,1-2H3,(H,21,22). The van der Waals surface area contributed by atoms with Gasteiger partial charge >= 0.3 is 0 Å². The number of ether oxygens (including phenoxy) is 4. The van der Waals surface area contributed by atoms with E-state index < -0.39 is 0 Å². The smallest absolute Gasteiger partial charge is 0.224 e. The molecule has 0 saturated carbocycles. The van der Waals surface area contributed by atoms with E-state index in [1.165, 1.54) is 0 Å². The Kier molecular flexibility index (Phi) is 5.84. The third kappa shape index (κ3) is 4.39. The van der Waals surface area contributed by atoms with E-state index in [1.54, 1.807) is 14.2 Å². The van der Waals surface area contributed by atoms with Gasteiger partial charge in [0, 0.05) is 6.54 Å². The monoisotopic (exact) mass is 357 g/mol. The molecule has 0 fully saturated rings. The van der Waals surface area contributed by atoms with Gasteiger partial charge in [0.25, 0.3) is 0 Å². The summed E-state index contributed by atoms with van der Waals surface area (Å²) in [5, 5.41) is 2.94. The van der Waals surface area contributed by atoms with Crippen molar-refractivity contribution in [2.75, 3.05) is 34.0 Å². The van der Waals surface area contributed by atoms with E-state index in [1.807, 2.05) is 36.4 Å². The molecule has 26 heavy (non-hydrogen) atoms. The van der Waals surface area contributed by atoms with Gasteiger partial charge in [-0.2, -0.15) is 0 Å². The molecule has 0 aromatic heterocycles. The van der Waals surface area contributed by atoms with Crippen LogP contribution in [-0.2, 0) is 17.6 Å². The lowest BCUT2D eigenvalue weighted by molar-refractivity contribution is -0.120. The summed E-state index contributed by atoms with van der Waals surface area (Å²) in [5.74, 6) is 2.94. The van der Waals surface area contributed by atoms with Crippen molar-refractivity contribution in [3.8, 4) is 23.0 Å². The molecule has 1 aliphatic rings. The minimum absolute atomic E-state index is 0.0384. The fourth-order valence-electron chi connectivity index (χ4n) is 2.86. The van der Waals surface area contributed by atoms with Crippen LogP contribution in [0.2, 0.25) is 0 Å². The van der Waals surface area contributed by atoms with Crippen LogP contribution in [0.15, 0.2) is 36.4 Å². The van der Waals surface area contributed by atoms with E-state index in [4.69, 9.17) is 18.9 Å². The summed E-state index contributed by atoms with van der Waals surface area (Å²) in [6.07, 6.45) is 0.957. The predicted octanol–water partition coefficient (Wildman–Crippen LogP) is 2.38. The number of carbonyl (C=O) groups is 1. The van der Waals surface area contributed by atoms with Gasteiger partial charge < -0.3 is 24.3 Å². The lowest BCUT2D eigenvalue weighted by Crippen LogP contribution is -2.27. The third-order valence-corrected chi connectivity index (χ3v) is 4.18. The van der Waals surface area contributed by atoms with E-state index in [9.17, 15) is 4.79 Å². The second-order valence-corrected chi connectivity index (χ2v) is 5.93. The Morgan fingerprint density at radius 2 is 1.85 bits per heavy atom. The number of carbonyl (C=O) groups excluding carboxylic acids is 1. The number of hydrogen-bond donors (Lipinski definition) is 1. The van der Waals surface area contributed by atoms with E-state index in [2.05, 4.69) is 5.32 Å². The summed E-state index contributed by atoms with van der Waals surface area (Å²) in [4.78, 5) is 12.2. The number of fused-ring (bicyclic) bond motifs is 1. The van der Waals surface area contributed by atoms with Crippen molar-refractivity contribution in [2.24, 2.45) is 0 Å². The normalized spacial score (nSPS) is 12.4. The first-order valence-electron chi connectivity index (χ1n) is 8.55.